The summed E-state index contributed by atoms with van der Waals surface area (Å²) in [5.74, 6) is 1.41. The highest BCUT2D eigenvalue weighted by atomic mass is 35.5. The predicted molar refractivity (Wildman–Crippen MR) is 121 cm³/mol. The Balaban J connectivity index is 1.66. The molecule has 0 saturated heterocycles. The third-order valence-corrected chi connectivity index (χ3v) is 5.12. The van der Waals surface area contributed by atoms with Gasteiger partial charge in [-0.1, -0.05) is 11.6 Å². The fourth-order valence-electron chi connectivity index (χ4n) is 3.15. The van der Waals surface area contributed by atoms with Crippen molar-refractivity contribution in [2.24, 2.45) is 4.99 Å². The van der Waals surface area contributed by atoms with Crippen LogP contribution in [-0.2, 0) is 4.79 Å². The SMILES string of the molecule is CNC(=O)CCCCCOc1cc2c(cc1OC)C(Nc1ccc(F)c(Cl)c1)=NCN2. The molecule has 166 valence electrons. The Hall–Kier alpha value is -3.00. The molecule has 1 heterocycles. The average molecular weight is 449 g/mol. The van der Waals surface area contributed by atoms with E-state index in [1.165, 1.54) is 12.1 Å². The molecule has 3 N–H and O–H groups in total. The van der Waals surface area contributed by atoms with Gasteiger partial charge >= 0.3 is 0 Å². The normalized spacial score (nSPS) is 12.3. The summed E-state index contributed by atoms with van der Waals surface area (Å²) in [6.07, 6.45) is 3.09. The van der Waals surface area contributed by atoms with Crippen molar-refractivity contribution in [3.05, 3.63) is 46.7 Å². The number of halogens is 2. The zero-order valence-corrected chi connectivity index (χ0v) is 18.3. The number of carbonyl (C=O) groups excluding carboxylic acids is 1. The molecule has 0 aliphatic carbocycles. The van der Waals surface area contributed by atoms with Crippen LogP contribution in [0.15, 0.2) is 35.3 Å². The molecule has 2 aromatic carbocycles. The zero-order valence-electron chi connectivity index (χ0n) is 17.6. The fourth-order valence-corrected chi connectivity index (χ4v) is 3.33. The third-order valence-electron chi connectivity index (χ3n) is 4.83. The van der Waals surface area contributed by atoms with E-state index in [1.807, 2.05) is 12.1 Å². The van der Waals surface area contributed by atoms with Gasteiger partial charge < -0.3 is 25.4 Å². The molecule has 0 saturated carbocycles. The van der Waals surface area contributed by atoms with Crippen LogP contribution in [0, 0.1) is 5.82 Å². The maximum atomic E-state index is 13.4. The number of unbranched alkanes of at least 4 members (excludes halogenated alkanes) is 2. The van der Waals surface area contributed by atoms with E-state index in [4.69, 9.17) is 21.1 Å². The number of hydrogen-bond donors (Lipinski definition) is 3. The lowest BCUT2D eigenvalue weighted by atomic mass is 10.1. The summed E-state index contributed by atoms with van der Waals surface area (Å²) < 4.78 is 24.9. The predicted octanol–water partition coefficient (Wildman–Crippen LogP) is 4.41. The molecule has 0 atom stereocenters. The first-order valence-corrected chi connectivity index (χ1v) is 10.5. The first-order valence-electron chi connectivity index (χ1n) is 10.1. The van der Waals surface area contributed by atoms with Crippen molar-refractivity contribution in [1.82, 2.24) is 5.32 Å². The summed E-state index contributed by atoms with van der Waals surface area (Å²) in [7, 11) is 3.22. The summed E-state index contributed by atoms with van der Waals surface area (Å²) in [6, 6.07) is 8.15. The minimum absolute atomic E-state index is 0.0383. The maximum Gasteiger partial charge on any atom is 0.219 e. The molecule has 0 bridgehead atoms. The van der Waals surface area contributed by atoms with E-state index in [1.54, 1.807) is 20.2 Å². The highest BCUT2D eigenvalue weighted by Gasteiger charge is 2.19. The minimum atomic E-state index is -0.475. The second-order valence-electron chi connectivity index (χ2n) is 6.98. The molecule has 2 aromatic rings. The fraction of sp³-hybridized carbons (Fsp3) is 0.364. The number of methoxy groups -OCH3 is 1. The number of ether oxygens (including phenoxy) is 2. The standard InChI is InChI=1S/C22H26ClFN4O3/c1-25-21(29)6-4-3-5-9-31-20-12-18-15(11-19(20)30-2)22(27-13-26-18)28-14-7-8-17(24)16(23)10-14/h7-8,10-12,26H,3-6,9,13H2,1-2H3,(H,25,29)(H,27,28). The second kappa shape index (κ2) is 10.9. The zero-order chi connectivity index (χ0) is 22.2. The van der Waals surface area contributed by atoms with Gasteiger partial charge in [-0.25, -0.2) is 9.38 Å². The molecule has 1 amide bonds. The highest BCUT2D eigenvalue weighted by Crippen LogP contribution is 2.35. The van der Waals surface area contributed by atoms with Gasteiger partial charge in [-0.15, -0.1) is 0 Å². The van der Waals surface area contributed by atoms with Crippen molar-refractivity contribution in [2.45, 2.75) is 25.7 Å². The lowest BCUT2D eigenvalue weighted by molar-refractivity contribution is -0.120. The Morgan fingerprint density at radius 2 is 2.06 bits per heavy atom. The number of benzene rings is 2. The lowest BCUT2D eigenvalue weighted by Crippen LogP contribution is -2.22. The monoisotopic (exact) mass is 448 g/mol. The number of amidine groups is 1. The van der Waals surface area contributed by atoms with Gasteiger partial charge in [0.1, 0.15) is 18.3 Å². The van der Waals surface area contributed by atoms with Crippen LogP contribution < -0.4 is 25.4 Å². The molecule has 0 aromatic heterocycles. The number of fused-ring (bicyclic) bond motifs is 1. The van der Waals surface area contributed by atoms with Crippen LogP contribution in [0.3, 0.4) is 0 Å². The molecule has 0 spiro atoms. The molecule has 9 heteroatoms. The van der Waals surface area contributed by atoms with Gasteiger partial charge in [-0.05, 0) is 43.5 Å². The Morgan fingerprint density at radius 3 is 2.81 bits per heavy atom. The van der Waals surface area contributed by atoms with Crippen molar-refractivity contribution in [3.63, 3.8) is 0 Å². The first kappa shape index (κ1) is 22.7. The van der Waals surface area contributed by atoms with Crippen LogP contribution in [0.1, 0.15) is 31.2 Å². The van der Waals surface area contributed by atoms with Gasteiger partial charge in [0.05, 0.1) is 24.4 Å². The van der Waals surface area contributed by atoms with Gasteiger partial charge in [-0.2, -0.15) is 0 Å². The number of nitrogens with one attached hydrogen (secondary N) is 3. The van der Waals surface area contributed by atoms with Crippen LogP contribution in [0.5, 0.6) is 11.5 Å². The maximum absolute atomic E-state index is 13.4. The number of carbonyl (C=O) groups is 1. The molecule has 31 heavy (non-hydrogen) atoms. The molecular formula is C22H26ClFN4O3. The number of nitrogens with zero attached hydrogens (tertiary/aromatic N) is 1. The second-order valence-corrected chi connectivity index (χ2v) is 7.38. The smallest absolute Gasteiger partial charge is 0.219 e. The summed E-state index contributed by atoms with van der Waals surface area (Å²) in [6.45, 7) is 0.908. The van der Waals surface area contributed by atoms with Crippen LogP contribution in [0.25, 0.3) is 0 Å². The summed E-state index contributed by atoms with van der Waals surface area (Å²) in [4.78, 5) is 15.7. The van der Waals surface area contributed by atoms with Gasteiger partial charge in [0.2, 0.25) is 5.91 Å². The number of hydrogen-bond acceptors (Lipinski definition) is 6. The quantitative estimate of drug-likeness (QED) is 0.495. The Labute approximate surface area is 186 Å². The van der Waals surface area contributed by atoms with E-state index in [2.05, 4.69) is 20.9 Å². The average Bonchev–Trinajstić information content (AvgIpc) is 2.78. The van der Waals surface area contributed by atoms with Crippen LogP contribution in [0.2, 0.25) is 5.02 Å². The minimum Gasteiger partial charge on any atom is -0.493 e. The number of rotatable bonds is 9. The molecule has 1 aliphatic rings. The molecule has 1 aliphatic heterocycles. The summed E-state index contributed by atoms with van der Waals surface area (Å²) in [5, 5.41) is 9.07. The van der Waals surface area contributed by atoms with Gasteiger partial charge in [-0.3, -0.25) is 4.79 Å². The van der Waals surface area contributed by atoms with Crippen molar-refractivity contribution >= 4 is 34.7 Å². The number of amides is 1. The number of aliphatic imine (C=N–C) groups is 1. The summed E-state index contributed by atoms with van der Waals surface area (Å²) in [5.41, 5.74) is 2.29. The topological polar surface area (TPSA) is 84.0 Å². The molecule has 0 fully saturated rings. The van der Waals surface area contributed by atoms with E-state index >= 15 is 0 Å². The Morgan fingerprint density at radius 1 is 1.23 bits per heavy atom. The Kier molecular flexibility index (Phi) is 7.94. The largest absolute Gasteiger partial charge is 0.493 e. The molecule has 0 radical (unpaired) electrons. The molecule has 3 rings (SSSR count). The van der Waals surface area contributed by atoms with Crippen molar-refractivity contribution in [1.29, 1.82) is 0 Å². The van der Waals surface area contributed by atoms with Gasteiger partial charge in [0.15, 0.2) is 11.5 Å². The van der Waals surface area contributed by atoms with E-state index in [-0.39, 0.29) is 10.9 Å². The van der Waals surface area contributed by atoms with Crippen molar-refractivity contribution in [2.75, 3.05) is 38.1 Å². The van der Waals surface area contributed by atoms with Crippen molar-refractivity contribution in [3.8, 4) is 11.5 Å². The highest BCUT2D eigenvalue weighted by molar-refractivity contribution is 6.31. The summed E-state index contributed by atoms with van der Waals surface area (Å²) >= 11 is 5.88. The number of anilines is 2. The van der Waals surface area contributed by atoms with E-state index < -0.39 is 5.82 Å². The lowest BCUT2D eigenvalue weighted by Gasteiger charge is -2.22. The van der Waals surface area contributed by atoms with Crippen LogP contribution >= 0.6 is 11.6 Å². The van der Waals surface area contributed by atoms with Gasteiger partial charge in [0.25, 0.3) is 0 Å². The third kappa shape index (κ3) is 6.01. The van der Waals surface area contributed by atoms with Crippen LogP contribution in [-0.4, -0.2) is 39.2 Å². The van der Waals surface area contributed by atoms with Gasteiger partial charge in [0, 0.05) is 30.8 Å². The molecule has 0 unspecified atom stereocenters. The van der Waals surface area contributed by atoms with E-state index in [0.29, 0.717) is 42.7 Å². The van der Waals surface area contributed by atoms with Crippen molar-refractivity contribution < 1.29 is 18.7 Å². The first-order chi connectivity index (χ1) is 15.0. The Bertz CT molecular complexity index is 968. The molecule has 7 nitrogen and oxygen atoms in total. The molecular weight excluding hydrogens is 423 g/mol. The van der Waals surface area contributed by atoms with E-state index in [9.17, 15) is 9.18 Å². The van der Waals surface area contributed by atoms with E-state index in [0.717, 1.165) is 30.5 Å². The van der Waals surface area contributed by atoms with Crippen LogP contribution in [0.4, 0.5) is 15.8 Å².